The molecule has 0 bridgehead atoms. The minimum atomic E-state index is 0.267. The molecule has 0 saturated carbocycles. The second kappa shape index (κ2) is 5.31. The van der Waals surface area contributed by atoms with Crippen LogP contribution in [0.2, 0.25) is 0 Å². The zero-order valence-electron chi connectivity index (χ0n) is 10.3. The maximum atomic E-state index is 9.01. The van der Waals surface area contributed by atoms with Crippen molar-refractivity contribution >= 4 is 11.8 Å². The van der Waals surface area contributed by atoms with Gasteiger partial charge < -0.3 is 15.7 Å². The normalized spacial score (nSPS) is 20.6. The molecule has 1 aromatic rings. The zero-order valence-corrected chi connectivity index (χ0v) is 10.3. The summed E-state index contributed by atoms with van der Waals surface area (Å²) in [4.78, 5) is 10.6. The molecule has 1 saturated heterocycles. The summed E-state index contributed by atoms with van der Waals surface area (Å²) in [6.45, 7) is 4.24. The fraction of sp³-hybridized carbons (Fsp3) is 0.667. The van der Waals surface area contributed by atoms with Crippen molar-refractivity contribution in [3.8, 4) is 0 Å². The first-order valence-corrected chi connectivity index (χ1v) is 6.15. The molecule has 5 nitrogen and oxygen atoms in total. The number of hydrogen-bond acceptors (Lipinski definition) is 5. The Kier molecular flexibility index (Phi) is 3.78. The highest BCUT2D eigenvalue weighted by Crippen LogP contribution is 2.25. The van der Waals surface area contributed by atoms with Crippen molar-refractivity contribution in [1.29, 1.82) is 0 Å². The van der Waals surface area contributed by atoms with Crippen LogP contribution in [0.4, 0.5) is 11.8 Å². The number of aromatic nitrogens is 2. The highest BCUT2D eigenvalue weighted by molar-refractivity contribution is 5.48. The minimum Gasteiger partial charge on any atom is -0.396 e. The van der Waals surface area contributed by atoms with E-state index in [-0.39, 0.29) is 6.61 Å². The summed E-state index contributed by atoms with van der Waals surface area (Å²) in [7, 11) is 0. The molecule has 0 radical (unpaired) electrons. The number of anilines is 2. The highest BCUT2D eigenvalue weighted by Gasteiger charge is 2.21. The molecule has 2 rings (SSSR count). The first-order valence-electron chi connectivity index (χ1n) is 6.15. The molecule has 1 unspecified atom stereocenters. The van der Waals surface area contributed by atoms with E-state index in [1.807, 2.05) is 6.92 Å². The fourth-order valence-corrected chi connectivity index (χ4v) is 2.44. The lowest BCUT2D eigenvalue weighted by atomic mass is 9.95. The molecule has 3 N–H and O–H groups in total. The Hall–Kier alpha value is -1.36. The topological polar surface area (TPSA) is 75.3 Å². The lowest BCUT2D eigenvalue weighted by molar-refractivity contribution is 0.244. The molecule has 0 amide bonds. The van der Waals surface area contributed by atoms with Gasteiger partial charge in [0.05, 0.1) is 0 Å². The van der Waals surface area contributed by atoms with Crippen molar-refractivity contribution in [2.24, 2.45) is 5.92 Å². The predicted molar refractivity (Wildman–Crippen MR) is 67.8 cm³/mol. The van der Waals surface area contributed by atoms with Gasteiger partial charge in [0.15, 0.2) is 0 Å². The van der Waals surface area contributed by atoms with Gasteiger partial charge >= 0.3 is 0 Å². The minimum absolute atomic E-state index is 0.267. The van der Waals surface area contributed by atoms with Crippen molar-refractivity contribution < 1.29 is 5.11 Å². The van der Waals surface area contributed by atoms with Gasteiger partial charge in [-0.2, -0.15) is 4.98 Å². The molecule has 1 aromatic heterocycles. The smallest absolute Gasteiger partial charge is 0.221 e. The molecule has 0 spiro atoms. The highest BCUT2D eigenvalue weighted by atomic mass is 16.3. The van der Waals surface area contributed by atoms with Gasteiger partial charge in [-0.1, -0.05) is 0 Å². The molecule has 0 aromatic carbocycles. The zero-order chi connectivity index (χ0) is 12.3. The van der Waals surface area contributed by atoms with Crippen LogP contribution in [0.15, 0.2) is 6.20 Å². The van der Waals surface area contributed by atoms with Crippen LogP contribution in [0.25, 0.3) is 0 Å². The van der Waals surface area contributed by atoms with Gasteiger partial charge in [0.25, 0.3) is 0 Å². The quantitative estimate of drug-likeness (QED) is 0.817. The van der Waals surface area contributed by atoms with Gasteiger partial charge in [0, 0.05) is 31.5 Å². The van der Waals surface area contributed by atoms with Crippen LogP contribution in [0.1, 0.15) is 24.8 Å². The molecule has 1 atom stereocenters. The fourth-order valence-electron chi connectivity index (χ4n) is 2.44. The third-order valence-electron chi connectivity index (χ3n) is 3.32. The molecule has 2 heterocycles. The Labute approximate surface area is 102 Å². The van der Waals surface area contributed by atoms with Crippen molar-refractivity contribution in [1.82, 2.24) is 9.97 Å². The Morgan fingerprint density at radius 1 is 1.59 bits per heavy atom. The summed E-state index contributed by atoms with van der Waals surface area (Å²) >= 11 is 0. The van der Waals surface area contributed by atoms with Crippen LogP contribution in [0, 0.1) is 12.8 Å². The van der Waals surface area contributed by atoms with E-state index in [1.54, 1.807) is 6.20 Å². The molecule has 17 heavy (non-hydrogen) atoms. The standard InChI is InChI=1S/C12H20N4O/c1-9-7-14-12(13)15-11(9)16-5-2-3-10(8-16)4-6-17/h7,10,17H,2-6,8H2,1H3,(H2,13,14,15). The molecular formula is C12H20N4O. The van der Waals surface area contributed by atoms with Crippen LogP contribution in [0.3, 0.4) is 0 Å². The third kappa shape index (κ3) is 2.85. The number of piperidine rings is 1. The number of nitrogens with two attached hydrogens (primary N) is 1. The van der Waals surface area contributed by atoms with E-state index in [1.165, 1.54) is 6.42 Å². The Morgan fingerprint density at radius 3 is 3.18 bits per heavy atom. The van der Waals surface area contributed by atoms with Gasteiger partial charge in [-0.15, -0.1) is 0 Å². The van der Waals surface area contributed by atoms with E-state index < -0.39 is 0 Å². The Bertz CT molecular complexity index is 381. The lowest BCUT2D eigenvalue weighted by Gasteiger charge is -2.34. The number of nitrogen functional groups attached to an aromatic ring is 1. The van der Waals surface area contributed by atoms with E-state index >= 15 is 0 Å². The van der Waals surface area contributed by atoms with E-state index in [0.29, 0.717) is 11.9 Å². The van der Waals surface area contributed by atoms with E-state index in [0.717, 1.165) is 37.3 Å². The maximum absolute atomic E-state index is 9.01. The van der Waals surface area contributed by atoms with Gasteiger partial charge in [-0.3, -0.25) is 0 Å². The number of rotatable bonds is 3. The number of hydrogen-bond donors (Lipinski definition) is 2. The number of aliphatic hydroxyl groups is 1. The maximum Gasteiger partial charge on any atom is 0.221 e. The summed E-state index contributed by atoms with van der Waals surface area (Å²) in [6.07, 6.45) is 4.98. The third-order valence-corrected chi connectivity index (χ3v) is 3.32. The van der Waals surface area contributed by atoms with Crippen molar-refractivity contribution in [2.45, 2.75) is 26.2 Å². The summed E-state index contributed by atoms with van der Waals surface area (Å²) in [5, 5.41) is 9.01. The van der Waals surface area contributed by atoms with Crippen molar-refractivity contribution in [2.75, 3.05) is 30.3 Å². The first kappa shape index (κ1) is 12.1. The van der Waals surface area contributed by atoms with Crippen molar-refractivity contribution in [3.63, 3.8) is 0 Å². The molecule has 1 aliphatic heterocycles. The number of nitrogens with zero attached hydrogens (tertiary/aromatic N) is 3. The van der Waals surface area contributed by atoms with E-state index in [2.05, 4.69) is 14.9 Å². The summed E-state index contributed by atoms with van der Waals surface area (Å²) in [5.41, 5.74) is 6.70. The second-order valence-corrected chi connectivity index (χ2v) is 4.70. The molecule has 1 aliphatic rings. The van der Waals surface area contributed by atoms with Crippen LogP contribution >= 0.6 is 0 Å². The van der Waals surface area contributed by atoms with Crippen LogP contribution in [0.5, 0.6) is 0 Å². The number of aryl methyl sites for hydroxylation is 1. The SMILES string of the molecule is Cc1cnc(N)nc1N1CCCC(CCO)C1. The summed E-state index contributed by atoms with van der Waals surface area (Å²) in [6, 6.07) is 0. The second-order valence-electron chi connectivity index (χ2n) is 4.70. The lowest BCUT2D eigenvalue weighted by Crippen LogP contribution is -2.36. The largest absolute Gasteiger partial charge is 0.396 e. The predicted octanol–water partition coefficient (Wildman–Crippen LogP) is 0.966. The molecule has 94 valence electrons. The Balaban J connectivity index is 2.13. The molecular weight excluding hydrogens is 216 g/mol. The van der Waals surface area contributed by atoms with Gasteiger partial charge in [0.1, 0.15) is 5.82 Å². The van der Waals surface area contributed by atoms with Crippen LogP contribution < -0.4 is 10.6 Å². The van der Waals surface area contributed by atoms with Gasteiger partial charge in [-0.05, 0) is 32.1 Å². The molecule has 1 fully saturated rings. The summed E-state index contributed by atoms with van der Waals surface area (Å²) in [5.74, 6) is 1.83. The average molecular weight is 236 g/mol. The van der Waals surface area contributed by atoms with E-state index in [9.17, 15) is 0 Å². The van der Waals surface area contributed by atoms with Crippen LogP contribution in [-0.4, -0.2) is 34.8 Å². The summed E-state index contributed by atoms with van der Waals surface area (Å²) < 4.78 is 0. The monoisotopic (exact) mass is 236 g/mol. The molecule has 5 heteroatoms. The number of aliphatic hydroxyl groups excluding tert-OH is 1. The van der Waals surface area contributed by atoms with Gasteiger partial charge in [-0.25, -0.2) is 4.98 Å². The van der Waals surface area contributed by atoms with Crippen LogP contribution in [-0.2, 0) is 0 Å². The first-order chi connectivity index (χ1) is 8.20. The Morgan fingerprint density at radius 2 is 2.41 bits per heavy atom. The van der Waals surface area contributed by atoms with Crippen molar-refractivity contribution in [3.05, 3.63) is 11.8 Å². The average Bonchev–Trinajstić information content (AvgIpc) is 2.33. The van der Waals surface area contributed by atoms with E-state index in [4.69, 9.17) is 10.8 Å². The van der Waals surface area contributed by atoms with Gasteiger partial charge in [0.2, 0.25) is 5.95 Å². The molecule has 0 aliphatic carbocycles.